The number of aryl methyl sites for hydroxylation is 2. The van der Waals surface area contributed by atoms with E-state index < -0.39 is 6.04 Å². The molecule has 0 radical (unpaired) electrons. The molecule has 0 aliphatic carbocycles. The van der Waals surface area contributed by atoms with Gasteiger partial charge in [0.15, 0.2) is 0 Å². The Kier molecular flexibility index (Phi) is 3.66. The van der Waals surface area contributed by atoms with Crippen LogP contribution in [0.3, 0.4) is 0 Å². The number of hydrogen-bond donors (Lipinski definition) is 1. The first kappa shape index (κ1) is 11.2. The van der Waals surface area contributed by atoms with Gasteiger partial charge >= 0.3 is 5.97 Å². The maximum absolute atomic E-state index is 11.1. The van der Waals surface area contributed by atoms with Gasteiger partial charge in [-0.1, -0.05) is 0 Å². The highest BCUT2D eigenvalue weighted by atomic mass is 32.1. The Bertz CT molecular complexity index is 313. The second kappa shape index (κ2) is 4.57. The van der Waals surface area contributed by atoms with Crippen LogP contribution in [0.2, 0.25) is 0 Å². The molecular weight excluding hydrogens is 198 g/mol. The summed E-state index contributed by atoms with van der Waals surface area (Å²) in [6, 6.07) is 1.53. The van der Waals surface area contributed by atoms with E-state index in [0.717, 1.165) is 4.88 Å². The minimum absolute atomic E-state index is 0.353. The fraction of sp³-hybridized carbons (Fsp3) is 0.500. The molecule has 0 aromatic carbocycles. The predicted molar refractivity (Wildman–Crippen MR) is 57.5 cm³/mol. The molecule has 2 N–H and O–H groups in total. The Morgan fingerprint density at radius 1 is 1.64 bits per heavy atom. The molecule has 0 amide bonds. The van der Waals surface area contributed by atoms with E-state index in [9.17, 15) is 4.79 Å². The fourth-order valence-electron chi connectivity index (χ4n) is 1.20. The molecule has 3 nitrogen and oxygen atoms in total. The lowest BCUT2D eigenvalue weighted by Crippen LogP contribution is -2.33. The van der Waals surface area contributed by atoms with Gasteiger partial charge in [0, 0.05) is 16.2 Å². The van der Waals surface area contributed by atoms with Gasteiger partial charge in [-0.05, 0) is 25.5 Å². The van der Waals surface area contributed by atoms with Crippen molar-refractivity contribution in [2.24, 2.45) is 5.73 Å². The summed E-state index contributed by atoms with van der Waals surface area (Å²) in [6.07, 6.45) is 0.562. The summed E-state index contributed by atoms with van der Waals surface area (Å²) in [5.74, 6) is -0.353. The summed E-state index contributed by atoms with van der Waals surface area (Å²) in [7, 11) is 1.35. The van der Waals surface area contributed by atoms with Gasteiger partial charge in [0.25, 0.3) is 0 Å². The van der Waals surface area contributed by atoms with Gasteiger partial charge in [-0.3, -0.25) is 4.79 Å². The lowest BCUT2D eigenvalue weighted by atomic mass is 10.2. The first-order valence-corrected chi connectivity index (χ1v) is 5.25. The zero-order chi connectivity index (χ0) is 10.7. The number of carbonyl (C=O) groups excluding carboxylic acids is 1. The van der Waals surface area contributed by atoms with E-state index >= 15 is 0 Å². The molecule has 1 rings (SSSR count). The van der Waals surface area contributed by atoms with Crippen molar-refractivity contribution in [3.63, 3.8) is 0 Å². The third-order valence-electron chi connectivity index (χ3n) is 2.14. The van der Waals surface area contributed by atoms with Gasteiger partial charge in [0.05, 0.1) is 7.11 Å². The Balaban J connectivity index is 2.64. The van der Waals surface area contributed by atoms with Gasteiger partial charge in [-0.15, -0.1) is 11.3 Å². The lowest BCUT2D eigenvalue weighted by Gasteiger charge is -2.06. The summed E-state index contributed by atoms with van der Waals surface area (Å²) < 4.78 is 4.56. The molecule has 1 aromatic rings. The molecule has 1 heterocycles. The SMILES string of the molecule is COC(=O)C(N)Cc1cc(C)c(C)s1. The second-order valence-electron chi connectivity index (χ2n) is 3.29. The van der Waals surface area contributed by atoms with Crippen molar-refractivity contribution < 1.29 is 9.53 Å². The second-order valence-corrected chi connectivity index (χ2v) is 4.63. The number of carbonyl (C=O) groups is 1. The minimum Gasteiger partial charge on any atom is -0.468 e. The van der Waals surface area contributed by atoms with Crippen LogP contribution in [0.5, 0.6) is 0 Å². The first-order valence-electron chi connectivity index (χ1n) is 4.44. The van der Waals surface area contributed by atoms with E-state index in [1.165, 1.54) is 17.6 Å². The third-order valence-corrected chi connectivity index (χ3v) is 3.32. The van der Waals surface area contributed by atoms with Gasteiger partial charge in [0.2, 0.25) is 0 Å². The van der Waals surface area contributed by atoms with E-state index in [0.29, 0.717) is 6.42 Å². The standard InChI is InChI=1S/C10H15NO2S/c1-6-4-8(14-7(6)2)5-9(11)10(12)13-3/h4,9H,5,11H2,1-3H3. The minimum atomic E-state index is -0.544. The van der Waals surface area contributed by atoms with Gasteiger partial charge in [-0.25, -0.2) is 0 Å². The summed E-state index contributed by atoms with van der Waals surface area (Å²) in [5.41, 5.74) is 6.90. The van der Waals surface area contributed by atoms with Gasteiger partial charge in [0.1, 0.15) is 6.04 Å². The van der Waals surface area contributed by atoms with Crippen molar-refractivity contribution in [3.8, 4) is 0 Å². The Morgan fingerprint density at radius 3 is 2.71 bits per heavy atom. The average Bonchev–Trinajstić information content (AvgIpc) is 2.44. The van der Waals surface area contributed by atoms with E-state index in [4.69, 9.17) is 5.73 Å². The third kappa shape index (κ3) is 2.56. The Morgan fingerprint density at radius 2 is 2.29 bits per heavy atom. The Labute approximate surface area is 87.9 Å². The number of thiophene rings is 1. The van der Waals surface area contributed by atoms with Crippen molar-refractivity contribution in [2.75, 3.05) is 7.11 Å². The number of ether oxygens (including phenoxy) is 1. The highest BCUT2D eigenvalue weighted by Gasteiger charge is 2.15. The highest BCUT2D eigenvalue weighted by Crippen LogP contribution is 2.21. The highest BCUT2D eigenvalue weighted by molar-refractivity contribution is 7.12. The molecule has 4 heteroatoms. The van der Waals surface area contributed by atoms with Crippen LogP contribution in [0.25, 0.3) is 0 Å². The fourth-order valence-corrected chi connectivity index (χ4v) is 2.31. The van der Waals surface area contributed by atoms with Crippen LogP contribution in [0.4, 0.5) is 0 Å². The lowest BCUT2D eigenvalue weighted by molar-refractivity contribution is -0.142. The molecule has 1 unspecified atom stereocenters. The number of esters is 1. The topological polar surface area (TPSA) is 52.3 Å². The molecule has 0 aliphatic heterocycles. The van der Waals surface area contributed by atoms with E-state index in [1.54, 1.807) is 11.3 Å². The number of methoxy groups -OCH3 is 1. The summed E-state index contributed by atoms with van der Waals surface area (Å²) in [5, 5.41) is 0. The maximum atomic E-state index is 11.1. The van der Waals surface area contributed by atoms with E-state index in [1.807, 2.05) is 0 Å². The van der Waals surface area contributed by atoms with Crippen molar-refractivity contribution >= 4 is 17.3 Å². The summed E-state index contributed by atoms with van der Waals surface area (Å²) >= 11 is 1.68. The first-order chi connectivity index (χ1) is 6.54. The molecule has 0 spiro atoms. The summed E-state index contributed by atoms with van der Waals surface area (Å²) in [6.45, 7) is 4.12. The van der Waals surface area contributed by atoms with Crippen molar-refractivity contribution in [3.05, 3.63) is 21.4 Å². The van der Waals surface area contributed by atoms with Crippen LogP contribution < -0.4 is 5.73 Å². The molecule has 0 saturated carbocycles. The Hall–Kier alpha value is -0.870. The van der Waals surface area contributed by atoms with Crippen LogP contribution in [0.1, 0.15) is 15.3 Å². The van der Waals surface area contributed by atoms with Crippen molar-refractivity contribution in [1.82, 2.24) is 0 Å². The molecular formula is C10H15NO2S. The van der Waals surface area contributed by atoms with Crippen LogP contribution in [0.15, 0.2) is 6.07 Å². The average molecular weight is 213 g/mol. The molecule has 0 fully saturated rings. The monoisotopic (exact) mass is 213 g/mol. The number of hydrogen-bond acceptors (Lipinski definition) is 4. The summed E-state index contributed by atoms with van der Waals surface area (Å²) in [4.78, 5) is 13.5. The van der Waals surface area contributed by atoms with Crippen LogP contribution in [-0.2, 0) is 16.0 Å². The molecule has 1 aromatic heterocycles. The molecule has 78 valence electrons. The van der Waals surface area contributed by atoms with Crippen LogP contribution in [-0.4, -0.2) is 19.1 Å². The molecule has 0 saturated heterocycles. The zero-order valence-electron chi connectivity index (χ0n) is 8.66. The van der Waals surface area contributed by atoms with E-state index in [2.05, 4.69) is 24.7 Å². The number of rotatable bonds is 3. The zero-order valence-corrected chi connectivity index (χ0v) is 9.48. The number of nitrogens with two attached hydrogens (primary N) is 1. The normalized spacial score (nSPS) is 12.6. The quantitative estimate of drug-likeness (QED) is 0.772. The predicted octanol–water partition coefficient (Wildman–Crippen LogP) is 1.41. The molecule has 0 bridgehead atoms. The van der Waals surface area contributed by atoms with Gasteiger partial charge < -0.3 is 10.5 Å². The maximum Gasteiger partial charge on any atom is 0.323 e. The van der Waals surface area contributed by atoms with Crippen LogP contribution >= 0.6 is 11.3 Å². The molecule has 1 atom stereocenters. The van der Waals surface area contributed by atoms with Crippen molar-refractivity contribution in [2.45, 2.75) is 26.3 Å². The van der Waals surface area contributed by atoms with Crippen LogP contribution in [0, 0.1) is 13.8 Å². The largest absolute Gasteiger partial charge is 0.468 e. The smallest absolute Gasteiger partial charge is 0.323 e. The van der Waals surface area contributed by atoms with E-state index in [-0.39, 0.29) is 5.97 Å². The molecule has 14 heavy (non-hydrogen) atoms. The van der Waals surface area contributed by atoms with Gasteiger partial charge in [-0.2, -0.15) is 0 Å². The van der Waals surface area contributed by atoms with Crippen molar-refractivity contribution in [1.29, 1.82) is 0 Å². The molecule has 0 aliphatic rings.